The molecule has 0 saturated carbocycles. The Morgan fingerprint density at radius 3 is 2.88 bits per heavy atom. The number of nitrogens with one attached hydrogen (secondary N) is 1. The standard InChI is InChI=1S/C16H11ClFN3O3/c17-11-3-1-2-4-13(11)24-8-14(22)20-21-15-10-6-5-9(18)7-12(10)19-16(15)23/h1-7,19,23H,8H2. The topological polar surface area (TPSA) is 87.0 Å². The highest BCUT2D eigenvalue weighted by Gasteiger charge is 2.12. The van der Waals surface area contributed by atoms with Crippen LogP contribution in [0, 0.1) is 5.82 Å². The van der Waals surface area contributed by atoms with Crippen molar-refractivity contribution in [1.82, 2.24) is 4.98 Å². The fourth-order valence-electron chi connectivity index (χ4n) is 2.08. The van der Waals surface area contributed by atoms with Crippen LogP contribution < -0.4 is 4.74 Å². The van der Waals surface area contributed by atoms with Gasteiger partial charge in [0.1, 0.15) is 11.6 Å². The summed E-state index contributed by atoms with van der Waals surface area (Å²) in [4.78, 5) is 14.3. The van der Waals surface area contributed by atoms with Crippen LogP contribution in [0.15, 0.2) is 52.7 Å². The van der Waals surface area contributed by atoms with Gasteiger partial charge in [-0.2, -0.15) is 0 Å². The van der Waals surface area contributed by atoms with E-state index in [1.165, 1.54) is 18.2 Å². The number of carbonyl (C=O) groups excluding carboxylic acids is 1. The van der Waals surface area contributed by atoms with Crippen molar-refractivity contribution in [1.29, 1.82) is 0 Å². The molecule has 0 bridgehead atoms. The van der Waals surface area contributed by atoms with Gasteiger partial charge in [-0.05, 0) is 30.3 Å². The van der Waals surface area contributed by atoms with E-state index in [1.807, 2.05) is 0 Å². The lowest BCUT2D eigenvalue weighted by atomic mass is 10.2. The number of nitrogens with zero attached hydrogens (tertiary/aromatic N) is 2. The first-order chi connectivity index (χ1) is 11.5. The Balaban J connectivity index is 1.73. The molecule has 1 amide bonds. The zero-order valence-electron chi connectivity index (χ0n) is 12.2. The van der Waals surface area contributed by atoms with Crippen LogP contribution in [0.4, 0.5) is 10.1 Å². The van der Waals surface area contributed by atoms with Crippen molar-refractivity contribution in [3.05, 3.63) is 53.3 Å². The molecule has 122 valence electrons. The molecule has 0 aliphatic heterocycles. The predicted molar refractivity (Wildman–Crippen MR) is 86.4 cm³/mol. The number of H-pyrrole nitrogens is 1. The van der Waals surface area contributed by atoms with Gasteiger partial charge in [0.25, 0.3) is 0 Å². The predicted octanol–water partition coefficient (Wildman–Crippen LogP) is 4.36. The maximum absolute atomic E-state index is 13.1. The van der Waals surface area contributed by atoms with Crippen LogP contribution in [0.3, 0.4) is 0 Å². The van der Waals surface area contributed by atoms with Crippen LogP contribution in [-0.4, -0.2) is 22.6 Å². The fourth-order valence-corrected chi connectivity index (χ4v) is 2.27. The van der Waals surface area contributed by atoms with Gasteiger partial charge >= 0.3 is 5.91 Å². The number of hydrogen-bond acceptors (Lipinski definition) is 4. The minimum absolute atomic E-state index is 0.0519. The Labute approximate surface area is 140 Å². The molecule has 0 unspecified atom stereocenters. The fraction of sp³-hybridized carbons (Fsp3) is 0.0625. The first-order valence-corrected chi connectivity index (χ1v) is 7.24. The summed E-state index contributed by atoms with van der Waals surface area (Å²) in [7, 11) is 0. The largest absolute Gasteiger partial charge is 0.493 e. The Hall–Kier alpha value is -2.93. The molecule has 0 aliphatic carbocycles. The smallest absolute Gasteiger partial charge is 0.302 e. The minimum Gasteiger partial charge on any atom is -0.493 e. The quantitative estimate of drug-likeness (QED) is 0.687. The minimum atomic E-state index is -0.661. The van der Waals surface area contributed by atoms with Crippen LogP contribution in [-0.2, 0) is 4.79 Å². The van der Waals surface area contributed by atoms with E-state index in [4.69, 9.17) is 16.3 Å². The molecule has 6 nitrogen and oxygen atoms in total. The summed E-state index contributed by atoms with van der Waals surface area (Å²) in [5.74, 6) is -1.07. The van der Waals surface area contributed by atoms with Crippen LogP contribution >= 0.6 is 11.6 Å². The lowest BCUT2D eigenvalue weighted by molar-refractivity contribution is -0.120. The van der Waals surface area contributed by atoms with Crippen LogP contribution in [0.5, 0.6) is 11.6 Å². The number of ether oxygens (including phenoxy) is 1. The molecule has 24 heavy (non-hydrogen) atoms. The number of halogens is 2. The first kappa shape index (κ1) is 15.9. The van der Waals surface area contributed by atoms with Gasteiger partial charge in [-0.25, -0.2) is 4.39 Å². The van der Waals surface area contributed by atoms with Gasteiger partial charge in [0.05, 0.1) is 10.5 Å². The number of benzene rings is 2. The molecule has 0 saturated heterocycles. The highest BCUT2D eigenvalue weighted by Crippen LogP contribution is 2.35. The van der Waals surface area contributed by atoms with E-state index in [-0.39, 0.29) is 18.2 Å². The SMILES string of the molecule is O=C(COc1ccccc1Cl)N=Nc1c(O)[nH]c2cc(F)ccc12. The highest BCUT2D eigenvalue weighted by atomic mass is 35.5. The van der Waals surface area contributed by atoms with Crippen LogP contribution in [0.25, 0.3) is 10.9 Å². The molecule has 2 aromatic carbocycles. The average Bonchev–Trinajstić information content (AvgIpc) is 2.86. The maximum Gasteiger partial charge on any atom is 0.302 e. The van der Waals surface area contributed by atoms with Crippen molar-refractivity contribution in [2.75, 3.05) is 6.61 Å². The summed E-state index contributed by atoms with van der Waals surface area (Å²) in [5, 5.41) is 17.8. The molecule has 0 atom stereocenters. The van der Waals surface area contributed by atoms with E-state index in [9.17, 15) is 14.3 Å². The molecular formula is C16H11ClFN3O3. The normalized spacial score (nSPS) is 11.2. The summed E-state index contributed by atoms with van der Waals surface area (Å²) < 4.78 is 18.4. The van der Waals surface area contributed by atoms with Crippen molar-refractivity contribution in [2.45, 2.75) is 0 Å². The average molecular weight is 348 g/mol. The zero-order valence-corrected chi connectivity index (χ0v) is 12.9. The number of aromatic nitrogens is 1. The second kappa shape index (κ2) is 6.67. The van der Waals surface area contributed by atoms with Gasteiger partial charge in [-0.3, -0.25) is 4.79 Å². The lowest BCUT2D eigenvalue weighted by Crippen LogP contribution is -2.08. The van der Waals surface area contributed by atoms with E-state index in [2.05, 4.69) is 15.2 Å². The molecule has 3 rings (SSSR count). The number of aromatic amines is 1. The molecular weight excluding hydrogens is 337 g/mol. The summed E-state index contributed by atoms with van der Waals surface area (Å²) >= 11 is 5.91. The Bertz CT molecular complexity index is 939. The second-order valence-corrected chi connectivity index (χ2v) is 5.23. The van der Waals surface area contributed by atoms with Crippen molar-refractivity contribution in [2.24, 2.45) is 10.2 Å². The molecule has 0 fully saturated rings. The van der Waals surface area contributed by atoms with Gasteiger partial charge < -0.3 is 14.8 Å². The molecule has 2 N–H and O–H groups in total. The van der Waals surface area contributed by atoms with Crippen molar-refractivity contribution < 1.29 is 19.0 Å². The van der Waals surface area contributed by atoms with E-state index in [0.29, 0.717) is 21.7 Å². The van der Waals surface area contributed by atoms with Crippen molar-refractivity contribution in [3.8, 4) is 11.6 Å². The van der Waals surface area contributed by atoms with Gasteiger partial charge in [0, 0.05) is 5.39 Å². The summed E-state index contributed by atoms with van der Waals surface area (Å²) in [6.45, 7) is -0.356. The van der Waals surface area contributed by atoms with E-state index in [1.54, 1.807) is 24.3 Å². The summed E-state index contributed by atoms with van der Waals surface area (Å²) in [6.07, 6.45) is 0. The number of carbonyl (C=O) groups is 1. The van der Waals surface area contributed by atoms with Crippen molar-refractivity contribution in [3.63, 3.8) is 0 Å². The molecule has 1 heterocycles. The third-order valence-electron chi connectivity index (χ3n) is 3.16. The number of aromatic hydroxyl groups is 1. The molecule has 0 spiro atoms. The van der Waals surface area contributed by atoms with Crippen molar-refractivity contribution >= 4 is 34.1 Å². The Morgan fingerprint density at radius 1 is 1.29 bits per heavy atom. The number of fused-ring (bicyclic) bond motifs is 1. The van der Waals surface area contributed by atoms with Crippen LogP contribution in [0.1, 0.15) is 0 Å². The Kier molecular flexibility index (Phi) is 4.43. The maximum atomic E-state index is 13.1. The molecule has 0 aliphatic rings. The van der Waals surface area contributed by atoms with E-state index in [0.717, 1.165) is 0 Å². The Morgan fingerprint density at radius 2 is 2.08 bits per heavy atom. The number of hydrogen-bond donors (Lipinski definition) is 2. The van der Waals surface area contributed by atoms with Gasteiger partial charge in [0.2, 0.25) is 5.88 Å². The monoisotopic (exact) mass is 347 g/mol. The molecule has 0 radical (unpaired) electrons. The highest BCUT2D eigenvalue weighted by molar-refractivity contribution is 6.32. The summed E-state index contributed by atoms with van der Waals surface area (Å²) in [6, 6.07) is 10.6. The lowest BCUT2D eigenvalue weighted by Gasteiger charge is -2.04. The third-order valence-corrected chi connectivity index (χ3v) is 3.48. The number of rotatable bonds is 4. The van der Waals surface area contributed by atoms with Gasteiger partial charge in [0.15, 0.2) is 12.3 Å². The van der Waals surface area contributed by atoms with Crippen LogP contribution in [0.2, 0.25) is 5.02 Å². The second-order valence-electron chi connectivity index (χ2n) is 4.82. The first-order valence-electron chi connectivity index (χ1n) is 6.86. The van der Waals surface area contributed by atoms with E-state index < -0.39 is 11.7 Å². The molecule has 1 aromatic heterocycles. The number of amides is 1. The van der Waals surface area contributed by atoms with E-state index >= 15 is 0 Å². The number of azo groups is 1. The third kappa shape index (κ3) is 3.36. The van der Waals surface area contributed by atoms with Gasteiger partial charge in [-0.15, -0.1) is 10.2 Å². The molecule has 3 aromatic rings. The summed E-state index contributed by atoms with van der Waals surface area (Å²) in [5.41, 5.74) is 0.400. The van der Waals surface area contributed by atoms with Gasteiger partial charge in [-0.1, -0.05) is 23.7 Å². The molecule has 8 heteroatoms. The zero-order chi connectivity index (χ0) is 17.1. The number of para-hydroxylation sites is 1.